The van der Waals surface area contributed by atoms with Crippen molar-refractivity contribution >= 4 is 21.4 Å². The first-order chi connectivity index (χ1) is 13.2. The van der Waals surface area contributed by atoms with Crippen molar-refractivity contribution in [2.24, 2.45) is 0 Å². The van der Waals surface area contributed by atoms with E-state index in [1.54, 1.807) is 23.1 Å². The molecule has 0 bridgehead atoms. The molecular weight excluding hydrogens is 412 g/mol. The van der Waals surface area contributed by atoms with E-state index >= 15 is 0 Å². The summed E-state index contributed by atoms with van der Waals surface area (Å²) in [5.41, 5.74) is 1.84. The molecule has 9 heteroatoms. The molecule has 0 amide bonds. The maximum atomic E-state index is 9.40. The predicted octanol–water partition coefficient (Wildman–Crippen LogP) is 2.14. The van der Waals surface area contributed by atoms with Gasteiger partial charge in [-0.3, -0.25) is 4.90 Å². The van der Waals surface area contributed by atoms with Gasteiger partial charge in [-0.15, -0.1) is 0 Å². The normalized spacial score (nSPS) is 15.0. The minimum absolute atomic E-state index is 0.469. The highest BCUT2D eigenvalue weighted by Gasteiger charge is 2.16. The second-order valence-corrected chi connectivity index (χ2v) is 7.00. The number of halogens is 1. The SMILES string of the molecule is N#Cc1cnn2cc(OCCN3CCOCC3)cc(-c3ncc(Br)cn3)c12. The number of ether oxygens (including phenoxy) is 2. The summed E-state index contributed by atoms with van der Waals surface area (Å²) in [4.78, 5) is 11.0. The van der Waals surface area contributed by atoms with Crippen molar-refractivity contribution in [2.75, 3.05) is 39.5 Å². The molecule has 1 aliphatic rings. The minimum atomic E-state index is 0.469. The number of pyridine rings is 1. The van der Waals surface area contributed by atoms with Crippen LogP contribution in [0.1, 0.15) is 5.56 Å². The lowest BCUT2D eigenvalue weighted by Crippen LogP contribution is -2.38. The number of fused-ring (bicyclic) bond motifs is 1. The maximum absolute atomic E-state index is 9.40. The summed E-state index contributed by atoms with van der Waals surface area (Å²) in [5, 5.41) is 13.7. The Kier molecular flexibility index (Phi) is 5.29. The fraction of sp³-hybridized carbons (Fsp3) is 0.333. The Balaban J connectivity index is 1.62. The van der Waals surface area contributed by atoms with Crippen LogP contribution < -0.4 is 4.74 Å². The highest BCUT2D eigenvalue weighted by molar-refractivity contribution is 9.10. The first-order valence-electron chi connectivity index (χ1n) is 8.57. The van der Waals surface area contributed by atoms with E-state index in [1.165, 1.54) is 6.20 Å². The van der Waals surface area contributed by atoms with E-state index in [4.69, 9.17) is 9.47 Å². The van der Waals surface area contributed by atoms with Gasteiger partial charge in [-0.25, -0.2) is 14.5 Å². The van der Waals surface area contributed by atoms with Crippen LogP contribution in [-0.2, 0) is 4.74 Å². The zero-order valence-electron chi connectivity index (χ0n) is 14.5. The monoisotopic (exact) mass is 428 g/mol. The van der Waals surface area contributed by atoms with Gasteiger partial charge in [-0.2, -0.15) is 10.4 Å². The largest absolute Gasteiger partial charge is 0.491 e. The molecule has 0 unspecified atom stereocenters. The molecule has 0 aliphatic carbocycles. The van der Waals surface area contributed by atoms with Crippen LogP contribution in [0.4, 0.5) is 0 Å². The van der Waals surface area contributed by atoms with Gasteiger partial charge < -0.3 is 9.47 Å². The molecule has 0 aromatic carbocycles. The van der Waals surface area contributed by atoms with Crippen molar-refractivity contribution in [3.05, 3.63) is 40.9 Å². The molecule has 4 heterocycles. The van der Waals surface area contributed by atoms with Crippen LogP contribution in [0.2, 0.25) is 0 Å². The molecule has 0 radical (unpaired) electrons. The van der Waals surface area contributed by atoms with E-state index in [1.807, 2.05) is 6.07 Å². The summed E-state index contributed by atoms with van der Waals surface area (Å²) in [6.07, 6.45) is 6.66. The van der Waals surface area contributed by atoms with Crippen molar-refractivity contribution in [1.29, 1.82) is 5.26 Å². The number of aromatic nitrogens is 4. The lowest BCUT2D eigenvalue weighted by Gasteiger charge is -2.26. The molecule has 0 atom stereocenters. The second-order valence-electron chi connectivity index (χ2n) is 6.08. The van der Waals surface area contributed by atoms with Crippen LogP contribution in [0.5, 0.6) is 5.75 Å². The maximum Gasteiger partial charge on any atom is 0.161 e. The van der Waals surface area contributed by atoms with Crippen molar-refractivity contribution < 1.29 is 9.47 Å². The van der Waals surface area contributed by atoms with Gasteiger partial charge >= 0.3 is 0 Å². The van der Waals surface area contributed by atoms with Gasteiger partial charge in [0.25, 0.3) is 0 Å². The van der Waals surface area contributed by atoms with Gasteiger partial charge in [-0.05, 0) is 22.0 Å². The summed E-state index contributed by atoms with van der Waals surface area (Å²) in [7, 11) is 0. The molecular formula is C18H17BrN6O2. The summed E-state index contributed by atoms with van der Waals surface area (Å²) >= 11 is 3.34. The van der Waals surface area contributed by atoms with Gasteiger partial charge in [-0.1, -0.05) is 0 Å². The molecule has 3 aromatic rings. The zero-order chi connectivity index (χ0) is 18.6. The van der Waals surface area contributed by atoms with Gasteiger partial charge in [0.15, 0.2) is 5.82 Å². The molecule has 1 saturated heterocycles. The molecule has 1 fully saturated rings. The summed E-state index contributed by atoms with van der Waals surface area (Å²) < 4.78 is 13.7. The number of hydrogen-bond acceptors (Lipinski definition) is 7. The lowest BCUT2D eigenvalue weighted by molar-refractivity contribution is 0.0322. The van der Waals surface area contributed by atoms with Gasteiger partial charge in [0, 0.05) is 32.0 Å². The van der Waals surface area contributed by atoms with Crippen LogP contribution >= 0.6 is 15.9 Å². The van der Waals surface area contributed by atoms with Crippen molar-refractivity contribution in [1.82, 2.24) is 24.5 Å². The van der Waals surface area contributed by atoms with Crippen molar-refractivity contribution in [3.8, 4) is 23.2 Å². The first-order valence-corrected chi connectivity index (χ1v) is 9.36. The smallest absolute Gasteiger partial charge is 0.161 e. The number of nitrogens with zero attached hydrogens (tertiary/aromatic N) is 6. The van der Waals surface area contributed by atoms with Crippen LogP contribution in [-0.4, -0.2) is 63.9 Å². The van der Waals surface area contributed by atoms with E-state index in [0.717, 1.165) is 37.3 Å². The topological polar surface area (TPSA) is 88.6 Å². The van der Waals surface area contributed by atoms with Crippen molar-refractivity contribution in [2.45, 2.75) is 0 Å². The number of rotatable bonds is 5. The molecule has 0 spiro atoms. The Morgan fingerprint density at radius 1 is 1.22 bits per heavy atom. The van der Waals surface area contributed by atoms with Gasteiger partial charge in [0.1, 0.15) is 18.4 Å². The molecule has 3 aromatic heterocycles. The average Bonchev–Trinajstić information content (AvgIpc) is 3.12. The highest BCUT2D eigenvalue weighted by atomic mass is 79.9. The number of nitriles is 1. The molecule has 8 nitrogen and oxygen atoms in total. The quantitative estimate of drug-likeness (QED) is 0.614. The third-order valence-corrected chi connectivity index (χ3v) is 4.76. The predicted molar refractivity (Wildman–Crippen MR) is 101 cm³/mol. The second kappa shape index (κ2) is 8.00. The number of hydrogen-bond donors (Lipinski definition) is 0. The highest BCUT2D eigenvalue weighted by Crippen LogP contribution is 2.29. The Bertz CT molecular complexity index is 976. The van der Waals surface area contributed by atoms with E-state index in [0.29, 0.717) is 34.8 Å². The van der Waals surface area contributed by atoms with E-state index in [-0.39, 0.29) is 0 Å². The Morgan fingerprint density at radius 2 is 2.00 bits per heavy atom. The van der Waals surface area contributed by atoms with Crippen molar-refractivity contribution in [3.63, 3.8) is 0 Å². The molecule has 138 valence electrons. The van der Waals surface area contributed by atoms with E-state index < -0.39 is 0 Å². The van der Waals surface area contributed by atoms with Crippen LogP contribution in [0.25, 0.3) is 16.9 Å². The minimum Gasteiger partial charge on any atom is -0.491 e. The van der Waals surface area contributed by atoms with Gasteiger partial charge in [0.2, 0.25) is 0 Å². The Labute approximate surface area is 164 Å². The van der Waals surface area contributed by atoms with E-state index in [2.05, 4.69) is 42.0 Å². The summed E-state index contributed by atoms with van der Waals surface area (Å²) in [6.45, 7) is 4.76. The zero-order valence-corrected chi connectivity index (χ0v) is 16.1. The van der Waals surface area contributed by atoms with Crippen LogP contribution in [0.15, 0.2) is 35.3 Å². The fourth-order valence-electron chi connectivity index (χ4n) is 3.00. The Morgan fingerprint density at radius 3 is 2.74 bits per heavy atom. The molecule has 1 aliphatic heterocycles. The summed E-state index contributed by atoms with van der Waals surface area (Å²) in [5.74, 6) is 1.17. The third kappa shape index (κ3) is 3.93. The molecule has 27 heavy (non-hydrogen) atoms. The Hall–Kier alpha value is -2.54. The standard InChI is InChI=1S/C18H17BrN6O2/c19-14-10-21-18(22-11-14)16-7-15(12-25-17(16)13(8-20)9-23-25)27-6-3-24-1-4-26-5-2-24/h7,9-12H,1-6H2. The third-order valence-electron chi connectivity index (χ3n) is 4.35. The lowest BCUT2D eigenvalue weighted by atomic mass is 10.1. The van der Waals surface area contributed by atoms with Gasteiger partial charge in [0.05, 0.1) is 46.7 Å². The number of morpholine rings is 1. The summed E-state index contributed by atoms with van der Waals surface area (Å²) in [6, 6.07) is 4.03. The molecule has 0 N–H and O–H groups in total. The van der Waals surface area contributed by atoms with Crippen LogP contribution in [0.3, 0.4) is 0 Å². The fourth-order valence-corrected chi connectivity index (χ4v) is 3.20. The molecule has 4 rings (SSSR count). The first kappa shape index (κ1) is 17.9. The average molecular weight is 429 g/mol. The van der Waals surface area contributed by atoms with Crippen LogP contribution in [0, 0.1) is 11.3 Å². The molecule has 0 saturated carbocycles. The van der Waals surface area contributed by atoms with E-state index in [9.17, 15) is 5.26 Å².